The highest BCUT2D eigenvalue weighted by Crippen LogP contribution is 2.21. The second kappa shape index (κ2) is 6.61. The van der Waals surface area contributed by atoms with Crippen LogP contribution in [0.1, 0.15) is 27.2 Å². The number of hydrogen-bond donors (Lipinski definition) is 1. The number of pyridine rings is 1. The molecule has 2 aromatic heterocycles. The van der Waals surface area contributed by atoms with Crippen LogP contribution in [0, 0.1) is 6.92 Å². The van der Waals surface area contributed by atoms with Crippen LogP contribution in [0.3, 0.4) is 0 Å². The molecule has 1 unspecified atom stereocenters. The topological polar surface area (TPSA) is 37.8 Å². The molecule has 3 aromatic rings. The lowest BCUT2D eigenvalue weighted by Gasteiger charge is -2.18. The quantitative estimate of drug-likeness (QED) is 0.779. The zero-order chi connectivity index (χ0) is 14.5. The van der Waals surface area contributed by atoms with Crippen LogP contribution in [0.25, 0.3) is 0 Å². The van der Waals surface area contributed by atoms with Crippen molar-refractivity contribution in [3.05, 3.63) is 82.1 Å². The molecule has 4 heteroatoms. The molecule has 0 aliphatic rings. The van der Waals surface area contributed by atoms with E-state index in [4.69, 9.17) is 0 Å². The standard InChI is InChI=1S/C17H17N3S/c1-13-11-19-16(21-13)12-20-17(14-7-3-2-4-8-14)15-9-5-6-10-18-15/h2-11,17,20H,12H2,1H3. The van der Waals surface area contributed by atoms with Gasteiger partial charge >= 0.3 is 0 Å². The van der Waals surface area contributed by atoms with Crippen molar-refractivity contribution in [2.24, 2.45) is 0 Å². The van der Waals surface area contributed by atoms with Gasteiger partial charge in [0.1, 0.15) is 5.01 Å². The van der Waals surface area contributed by atoms with Crippen LogP contribution in [0.2, 0.25) is 0 Å². The Morgan fingerprint density at radius 1 is 1.05 bits per heavy atom. The Morgan fingerprint density at radius 2 is 1.86 bits per heavy atom. The van der Waals surface area contributed by atoms with E-state index < -0.39 is 0 Å². The predicted molar refractivity (Wildman–Crippen MR) is 86.2 cm³/mol. The molecule has 0 amide bonds. The number of aryl methyl sites for hydroxylation is 1. The second-order valence-electron chi connectivity index (χ2n) is 4.84. The predicted octanol–water partition coefficient (Wildman–Crippen LogP) is 3.73. The van der Waals surface area contributed by atoms with Gasteiger partial charge in [0, 0.05) is 23.8 Å². The fourth-order valence-electron chi connectivity index (χ4n) is 2.26. The molecular formula is C17H17N3S. The van der Waals surface area contributed by atoms with Crippen molar-refractivity contribution in [3.8, 4) is 0 Å². The van der Waals surface area contributed by atoms with Gasteiger partial charge in [0.25, 0.3) is 0 Å². The second-order valence-corrected chi connectivity index (χ2v) is 6.16. The Balaban J connectivity index is 1.83. The Kier molecular flexibility index (Phi) is 4.38. The number of rotatable bonds is 5. The number of thiazole rings is 1. The van der Waals surface area contributed by atoms with Gasteiger partial charge in [-0.3, -0.25) is 10.3 Å². The van der Waals surface area contributed by atoms with Crippen molar-refractivity contribution in [1.82, 2.24) is 15.3 Å². The van der Waals surface area contributed by atoms with E-state index in [1.165, 1.54) is 10.4 Å². The Labute approximate surface area is 128 Å². The zero-order valence-electron chi connectivity index (χ0n) is 11.9. The Bertz CT molecular complexity index is 640. The van der Waals surface area contributed by atoms with Crippen LogP contribution in [0.4, 0.5) is 0 Å². The summed E-state index contributed by atoms with van der Waals surface area (Å²) in [5.74, 6) is 0. The summed E-state index contributed by atoms with van der Waals surface area (Å²) in [5.41, 5.74) is 2.24. The van der Waals surface area contributed by atoms with Crippen LogP contribution >= 0.6 is 11.3 Å². The first-order valence-electron chi connectivity index (χ1n) is 6.93. The molecule has 3 rings (SSSR count). The van der Waals surface area contributed by atoms with Gasteiger partial charge in [0.15, 0.2) is 0 Å². The number of benzene rings is 1. The van der Waals surface area contributed by atoms with Crippen LogP contribution < -0.4 is 5.32 Å². The highest BCUT2D eigenvalue weighted by atomic mass is 32.1. The van der Waals surface area contributed by atoms with Gasteiger partial charge in [0.2, 0.25) is 0 Å². The van der Waals surface area contributed by atoms with Crippen molar-refractivity contribution in [3.63, 3.8) is 0 Å². The van der Waals surface area contributed by atoms with E-state index in [9.17, 15) is 0 Å². The molecular weight excluding hydrogens is 278 g/mol. The smallest absolute Gasteiger partial charge is 0.107 e. The van der Waals surface area contributed by atoms with Crippen molar-refractivity contribution in [2.45, 2.75) is 19.5 Å². The maximum Gasteiger partial charge on any atom is 0.107 e. The molecule has 3 nitrogen and oxygen atoms in total. The fourth-order valence-corrected chi connectivity index (χ4v) is 3.00. The van der Waals surface area contributed by atoms with E-state index in [1.54, 1.807) is 11.3 Å². The molecule has 0 fully saturated rings. The van der Waals surface area contributed by atoms with E-state index in [-0.39, 0.29) is 6.04 Å². The molecule has 0 bridgehead atoms. The third-order valence-corrected chi connectivity index (χ3v) is 4.16. The average molecular weight is 295 g/mol. The number of hydrogen-bond acceptors (Lipinski definition) is 4. The molecule has 0 spiro atoms. The van der Waals surface area contributed by atoms with E-state index in [0.29, 0.717) is 0 Å². The minimum atomic E-state index is 0.0802. The summed E-state index contributed by atoms with van der Waals surface area (Å²) < 4.78 is 0. The average Bonchev–Trinajstić information content (AvgIpc) is 2.95. The van der Waals surface area contributed by atoms with Crippen molar-refractivity contribution >= 4 is 11.3 Å². The highest BCUT2D eigenvalue weighted by molar-refractivity contribution is 7.11. The molecule has 106 valence electrons. The van der Waals surface area contributed by atoms with Gasteiger partial charge in [-0.2, -0.15) is 0 Å². The molecule has 2 heterocycles. The van der Waals surface area contributed by atoms with Gasteiger partial charge in [0.05, 0.1) is 11.7 Å². The van der Waals surface area contributed by atoms with Crippen LogP contribution in [0.15, 0.2) is 60.9 Å². The lowest BCUT2D eigenvalue weighted by atomic mass is 10.0. The number of aromatic nitrogens is 2. The van der Waals surface area contributed by atoms with Gasteiger partial charge in [-0.05, 0) is 24.6 Å². The molecule has 0 radical (unpaired) electrons. The Hall–Kier alpha value is -2.04. The molecule has 1 atom stereocenters. The molecule has 21 heavy (non-hydrogen) atoms. The molecule has 0 aliphatic heterocycles. The SMILES string of the molecule is Cc1cnc(CNC(c2ccccc2)c2ccccn2)s1. The summed E-state index contributed by atoms with van der Waals surface area (Å²) in [6.07, 6.45) is 3.75. The maximum absolute atomic E-state index is 4.49. The maximum atomic E-state index is 4.49. The largest absolute Gasteiger partial charge is 0.298 e. The number of nitrogens with one attached hydrogen (secondary N) is 1. The number of nitrogens with zero attached hydrogens (tertiary/aromatic N) is 2. The van der Waals surface area contributed by atoms with Gasteiger partial charge in [-0.15, -0.1) is 11.3 Å². The summed E-state index contributed by atoms with van der Waals surface area (Å²) in [6.45, 7) is 2.82. The summed E-state index contributed by atoms with van der Waals surface area (Å²) >= 11 is 1.73. The van der Waals surface area contributed by atoms with Crippen LogP contribution in [-0.2, 0) is 6.54 Å². The van der Waals surface area contributed by atoms with Crippen LogP contribution in [0.5, 0.6) is 0 Å². The molecule has 0 saturated heterocycles. The summed E-state index contributed by atoms with van der Waals surface area (Å²) in [5, 5.41) is 4.67. The summed E-state index contributed by atoms with van der Waals surface area (Å²) in [6, 6.07) is 16.5. The zero-order valence-corrected chi connectivity index (χ0v) is 12.7. The fraction of sp³-hybridized carbons (Fsp3) is 0.176. The summed E-state index contributed by atoms with van der Waals surface area (Å²) in [4.78, 5) is 10.1. The lowest BCUT2D eigenvalue weighted by molar-refractivity contribution is 0.590. The monoisotopic (exact) mass is 295 g/mol. The lowest BCUT2D eigenvalue weighted by Crippen LogP contribution is -2.22. The van der Waals surface area contributed by atoms with Crippen LogP contribution in [-0.4, -0.2) is 9.97 Å². The van der Waals surface area contributed by atoms with E-state index in [0.717, 1.165) is 17.2 Å². The molecule has 0 saturated carbocycles. The molecule has 1 aromatic carbocycles. The van der Waals surface area contributed by atoms with E-state index in [2.05, 4.69) is 52.5 Å². The van der Waals surface area contributed by atoms with Gasteiger partial charge in [-0.1, -0.05) is 36.4 Å². The first-order valence-corrected chi connectivity index (χ1v) is 7.75. The van der Waals surface area contributed by atoms with Crippen molar-refractivity contribution in [1.29, 1.82) is 0 Å². The minimum absolute atomic E-state index is 0.0802. The minimum Gasteiger partial charge on any atom is -0.298 e. The van der Waals surface area contributed by atoms with E-state index >= 15 is 0 Å². The molecule has 1 N–H and O–H groups in total. The third-order valence-electron chi connectivity index (χ3n) is 3.24. The third kappa shape index (κ3) is 3.54. The van der Waals surface area contributed by atoms with Gasteiger partial charge in [-0.25, -0.2) is 4.98 Å². The van der Waals surface area contributed by atoms with Crippen molar-refractivity contribution in [2.75, 3.05) is 0 Å². The Morgan fingerprint density at radius 3 is 2.52 bits per heavy atom. The van der Waals surface area contributed by atoms with E-state index in [1.807, 2.05) is 30.6 Å². The van der Waals surface area contributed by atoms with Crippen molar-refractivity contribution < 1.29 is 0 Å². The first-order chi connectivity index (χ1) is 10.3. The first kappa shape index (κ1) is 13.9. The molecule has 0 aliphatic carbocycles. The highest BCUT2D eigenvalue weighted by Gasteiger charge is 2.14. The summed E-state index contributed by atoms with van der Waals surface area (Å²) in [7, 11) is 0. The normalized spacial score (nSPS) is 12.2. The van der Waals surface area contributed by atoms with Gasteiger partial charge < -0.3 is 0 Å².